The quantitative estimate of drug-likeness (QED) is 0.395. The van der Waals surface area contributed by atoms with E-state index in [1.54, 1.807) is 0 Å². The molecule has 0 spiro atoms. The van der Waals surface area contributed by atoms with Crippen molar-refractivity contribution < 1.29 is 15.0 Å². The smallest absolute Gasteiger partial charge is 0.405 e. The Morgan fingerprint density at radius 1 is 1.64 bits per heavy atom. The minimum atomic E-state index is -1.09. The minimum absolute atomic E-state index is 0.360. The van der Waals surface area contributed by atoms with Crippen LogP contribution in [-0.4, -0.2) is 41.5 Å². The molecule has 1 amide bonds. The van der Waals surface area contributed by atoms with Crippen LogP contribution in [0, 0.1) is 0 Å². The molecule has 2 atom stereocenters. The van der Waals surface area contributed by atoms with Crippen molar-refractivity contribution in [3.05, 3.63) is 0 Å². The summed E-state index contributed by atoms with van der Waals surface area (Å²) in [6.45, 7) is 1.26. The summed E-state index contributed by atoms with van der Waals surface area (Å²) in [6.07, 6.45) is -1.03. The van der Waals surface area contributed by atoms with E-state index in [9.17, 15) is 9.90 Å². The van der Waals surface area contributed by atoms with Gasteiger partial charge >= 0.3 is 6.09 Å². The van der Waals surface area contributed by atoms with Gasteiger partial charge in [0.2, 0.25) is 0 Å². The molecular weight excluding hydrogens is 148 g/mol. The van der Waals surface area contributed by atoms with E-state index >= 15 is 0 Å². The van der Waals surface area contributed by atoms with Gasteiger partial charge in [0.15, 0.2) is 0 Å². The van der Waals surface area contributed by atoms with Crippen LogP contribution in [0.3, 0.4) is 0 Å². The van der Waals surface area contributed by atoms with E-state index < -0.39 is 12.2 Å². The lowest BCUT2D eigenvalue weighted by molar-refractivity contribution is 0.0955. The Balaban J connectivity index is 2.35. The van der Waals surface area contributed by atoms with E-state index in [0.29, 0.717) is 13.0 Å². The predicted octanol–water partition coefficient (Wildman–Crippen LogP) is -1.02. The molecule has 5 nitrogen and oxygen atoms in total. The highest BCUT2D eigenvalue weighted by Crippen LogP contribution is 2.02. The van der Waals surface area contributed by atoms with E-state index in [0.717, 1.165) is 6.54 Å². The molecule has 1 rings (SSSR count). The van der Waals surface area contributed by atoms with Crippen LogP contribution in [0.4, 0.5) is 4.79 Å². The average molecular weight is 160 g/mol. The molecule has 0 aromatic carbocycles. The number of amides is 1. The maximum absolute atomic E-state index is 10.2. The third kappa shape index (κ3) is 2.36. The topological polar surface area (TPSA) is 81.6 Å². The predicted molar refractivity (Wildman–Crippen MR) is 38.4 cm³/mol. The van der Waals surface area contributed by atoms with Gasteiger partial charge in [0.25, 0.3) is 0 Å². The van der Waals surface area contributed by atoms with Gasteiger partial charge in [-0.2, -0.15) is 0 Å². The van der Waals surface area contributed by atoms with E-state index in [1.165, 1.54) is 0 Å². The zero-order valence-electron chi connectivity index (χ0n) is 6.08. The largest absolute Gasteiger partial charge is 0.465 e. The van der Waals surface area contributed by atoms with Gasteiger partial charge in [0.1, 0.15) is 0 Å². The van der Waals surface area contributed by atoms with Crippen molar-refractivity contribution in [2.75, 3.05) is 13.1 Å². The van der Waals surface area contributed by atoms with Crippen LogP contribution in [-0.2, 0) is 0 Å². The number of nitrogens with one attached hydrogen (secondary N) is 2. The molecule has 0 aromatic rings. The molecular formula is C6H12N2O3. The highest BCUT2D eigenvalue weighted by Gasteiger charge is 2.23. The monoisotopic (exact) mass is 160 g/mol. The fraction of sp³-hybridized carbons (Fsp3) is 0.833. The number of hydrogen-bond donors (Lipinski definition) is 4. The average Bonchev–Trinajstić information content (AvgIpc) is 1.93. The number of piperidine rings is 1. The summed E-state index contributed by atoms with van der Waals surface area (Å²) in [5.41, 5.74) is 0. The molecule has 5 heteroatoms. The van der Waals surface area contributed by atoms with Gasteiger partial charge in [0.05, 0.1) is 12.1 Å². The van der Waals surface area contributed by atoms with Crippen LogP contribution >= 0.6 is 0 Å². The summed E-state index contributed by atoms with van der Waals surface area (Å²) >= 11 is 0. The van der Waals surface area contributed by atoms with Crippen LogP contribution in [0.2, 0.25) is 0 Å². The lowest BCUT2D eigenvalue weighted by Gasteiger charge is -2.27. The molecule has 11 heavy (non-hydrogen) atoms. The molecule has 1 fully saturated rings. The molecule has 0 radical (unpaired) electrons. The van der Waals surface area contributed by atoms with E-state index in [2.05, 4.69) is 10.6 Å². The van der Waals surface area contributed by atoms with Crippen molar-refractivity contribution in [3.8, 4) is 0 Å². The molecule has 4 N–H and O–H groups in total. The van der Waals surface area contributed by atoms with Gasteiger partial charge < -0.3 is 20.8 Å². The Morgan fingerprint density at radius 3 is 2.91 bits per heavy atom. The lowest BCUT2D eigenvalue weighted by atomic mass is 10.0. The first-order valence-electron chi connectivity index (χ1n) is 3.58. The number of aliphatic hydroxyl groups is 1. The zero-order valence-corrected chi connectivity index (χ0v) is 6.08. The van der Waals surface area contributed by atoms with Crippen LogP contribution < -0.4 is 10.6 Å². The Bertz CT molecular complexity index is 151. The van der Waals surface area contributed by atoms with E-state index in [1.807, 2.05) is 0 Å². The Kier molecular flexibility index (Phi) is 2.67. The third-order valence-corrected chi connectivity index (χ3v) is 1.75. The molecule has 0 unspecified atom stereocenters. The Morgan fingerprint density at radius 2 is 2.36 bits per heavy atom. The van der Waals surface area contributed by atoms with Crippen molar-refractivity contribution in [1.82, 2.24) is 10.6 Å². The molecule has 64 valence electrons. The van der Waals surface area contributed by atoms with Crippen molar-refractivity contribution in [2.45, 2.75) is 18.6 Å². The summed E-state index contributed by atoms with van der Waals surface area (Å²) in [5.74, 6) is 0. The van der Waals surface area contributed by atoms with Gasteiger partial charge in [-0.15, -0.1) is 0 Å². The second kappa shape index (κ2) is 3.54. The number of hydrogen-bond acceptors (Lipinski definition) is 3. The maximum Gasteiger partial charge on any atom is 0.405 e. The van der Waals surface area contributed by atoms with E-state index in [-0.39, 0.29) is 6.04 Å². The zero-order chi connectivity index (χ0) is 8.27. The fourth-order valence-corrected chi connectivity index (χ4v) is 1.15. The SMILES string of the molecule is O=C(O)N[C@@H]1CNCC[C@@H]1O. The molecule has 1 heterocycles. The van der Waals surface area contributed by atoms with Crippen LogP contribution in [0.25, 0.3) is 0 Å². The maximum atomic E-state index is 10.2. The second-order valence-electron chi connectivity index (χ2n) is 2.62. The summed E-state index contributed by atoms with van der Waals surface area (Å²) in [4.78, 5) is 10.2. The van der Waals surface area contributed by atoms with Crippen molar-refractivity contribution in [2.24, 2.45) is 0 Å². The van der Waals surface area contributed by atoms with Gasteiger partial charge in [-0.3, -0.25) is 0 Å². The summed E-state index contributed by atoms with van der Waals surface area (Å²) < 4.78 is 0. The number of carbonyl (C=O) groups is 1. The molecule has 0 saturated carbocycles. The number of rotatable bonds is 1. The Hall–Kier alpha value is -0.810. The van der Waals surface area contributed by atoms with E-state index in [4.69, 9.17) is 5.11 Å². The molecule has 0 bridgehead atoms. The van der Waals surface area contributed by atoms with Crippen LogP contribution in [0.15, 0.2) is 0 Å². The second-order valence-corrected chi connectivity index (χ2v) is 2.62. The Labute approximate surface area is 64.4 Å². The fourth-order valence-electron chi connectivity index (χ4n) is 1.15. The van der Waals surface area contributed by atoms with Crippen molar-refractivity contribution >= 4 is 6.09 Å². The highest BCUT2D eigenvalue weighted by molar-refractivity contribution is 5.65. The molecule has 0 aromatic heterocycles. The van der Waals surface area contributed by atoms with Gasteiger partial charge in [-0.1, -0.05) is 0 Å². The molecule has 1 saturated heterocycles. The summed E-state index contributed by atoms with van der Waals surface area (Å²) in [6, 6.07) is -0.360. The highest BCUT2D eigenvalue weighted by atomic mass is 16.4. The minimum Gasteiger partial charge on any atom is -0.465 e. The molecule has 0 aliphatic carbocycles. The number of carboxylic acid groups (broad SMARTS) is 1. The first kappa shape index (κ1) is 8.29. The van der Waals surface area contributed by atoms with Crippen molar-refractivity contribution in [1.29, 1.82) is 0 Å². The summed E-state index contributed by atoms with van der Waals surface area (Å²) in [5, 5.41) is 22.8. The molecule has 1 aliphatic rings. The third-order valence-electron chi connectivity index (χ3n) is 1.75. The first-order chi connectivity index (χ1) is 5.20. The normalized spacial score (nSPS) is 31.4. The standard InChI is InChI=1S/C6H12N2O3/c9-5-1-2-7-3-4(5)8-6(10)11/h4-5,7-9H,1-3H2,(H,10,11)/t4-,5+/m1/s1. The lowest BCUT2D eigenvalue weighted by Crippen LogP contribution is -2.53. The van der Waals surface area contributed by atoms with Crippen LogP contribution in [0.5, 0.6) is 0 Å². The van der Waals surface area contributed by atoms with Gasteiger partial charge in [-0.05, 0) is 13.0 Å². The molecule has 1 aliphatic heterocycles. The van der Waals surface area contributed by atoms with Crippen molar-refractivity contribution in [3.63, 3.8) is 0 Å². The van der Waals surface area contributed by atoms with Crippen LogP contribution in [0.1, 0.15) is 6.42 Å². The summed E-state index contributed by atoms with van der Waals surface area (Å²) in [7, 11) is 0. The van der Waals surface area contributed by atoms with Gasteiger partial charge in [-0.25, -0.2) is 4.79 Å². The first-order valence-corrected chi connectivity index (χ1v) is 3.58. The van der Waals surface area contributed by atoms with Gasteiger partial charge in [0, 0.05) is 6.54 Å². The number of aliphatic hydroxyl groups excluding tert-OH is 1.